The van der Waals surface area contributed by atoms with Gasteiger partial charge in [-0.1, -0.05) is 13.0 Å². The fourth-order valence-corrected chi connectivity index (χ4v) is 2.90. The third-order valence-electron chi connectivity index (χ3n) is 2.88. The van der Waals surface area contributed by atoms with Crippen LogP contribution in [0.5, 0.6) is 5.75 Å². The number of hydrogen-bond donors (Lipinski definition) is 1. The van der Waals surface area contributed by atoms with Gasteiger partial charge in [-0.15, -0.1) is 0 Å². The summed E-state index contributed by atoms with van der Waals surface area (Å²) in [6.45, 7) is 10.4. The van der Waals surface area contributed by atoms with Gasteiger partial charge in [0.05, 0.1) is 0 Å². The lowest BCUT2D eigenvalue weighted by Crippen LogP contribution is -1.97. The summed E-state index contributed by atoms with van der Waals surface area (Å²) in [5.74, 6) is 1.56. The highest BCUT2D eigenvalue weighted by Crippen LogP contribution is 2.39. The van der Waals surface area contributed by atoms with Gasteiger partial charge in [-0.2, -0.15) is 11.8 Å². The molecule has 0 bridgehead atoms. The first-order valence-corrected chi connectivity index (χ1v) is 6.45. The van der Waals surface area contributed by atoms with Crippen molar-refractivity contribution in [2.75, 3.05) is 5.75 Å². The van der Waals surface area contributed by atoms with Crippen molar-refractivity contribution in [3.05, 3.63) is 28.3 Å². The lowest BCUT2D eigenvalue weighted by Gasteiger charge is -2.18. The first-order valence-electron chi connectivity index (χ1n) is 5.40. The molecular formula is C13H20OS. The predicted octanol–water partition coefficient (Wildman–Crippen LogP) is 4.13. The quantitative estimate of drug-likeness (QED) is 0.833. The van der Waals surface area contributed by atoms with Crippen molar-refractivity contribution < 1.29 is 5.11 Å². The molecule has 1 nitrogen and oxygen atoms in total. The van der Waals surface area contributed by atoms with E-state index in [9.17, 15) is 5.11 Å². The Hall–Kier alpha value is -0.630. The molecule has 1 aromatic carbocycles. The molecule has 15 heavy (non-hydrogen) atoms. The summed E-state index contributed by atoms with van der Waals surface area (Å²) < 4.78 is 0. The van der Waals surface area contributed by atoms with Crippen molar-refractivity contribution in [3.63, 3.8) is 0 Å². The molecule has 0 aliphatic rings. The first-order chi connectivity index (χ1) is 6.99. The van der Waals surface area contributed by atoms with Crippen molar-refractivity contribution in [3.8, 4) is 5.75 Å². The molecule has 0 amide bonds. The number of thioether (sulfide) groups is 1. The standard InChI is InChI=1S/C13H20OS/c1-6-15-11(5)12-9(3)7-8(2)10(4)13(12)14/h7,11,14H,6H2,1-5H3. The molecule has 1 rings (SSSR count). The maximum atomic E-state index is 10.1. The lowest BCUT2D eigenvalue weighted by molar-refractivity contribution is 0.463. The molecule has 84 valence electrons. The Morgan fingerprint density at radius 3 is 2.40 bits per heavy atom. The SMILES string of the molecule is CCSC(C)c1c(C)cc(C)c(C)c1O. The van der Waals surface area contributed by atoms with Gasteiger partial charge in [-0.3, -0.25) is 0 Å². The second-order valence-corrected chi connectivity index (χ2v) is 5.61. The van der Waals surface area contributed by atoms with Gasteiger partial charge in [0.25, 0.3) is 0 Å². The molecular weight excluding hydrogens is 204 g/mol. The highest BCUT2D eigenvalue weighted by Gasteiger charge is 2.16. The van der Waals surface area contributed by atoms with Crippen molar-refractivity contribution in [2.24, 2.45) is 0 Å². The number of benzene rings is 1. The third-order valence-corrected chi connectivity index (χ3v) is 3.95. The van der Waals surface area contributed by atoms with Gasteiger partial charge in [0.15, 0.2) is 0 Å². The van der Waals surface area contributed by atoms with E-state index in [1.807, 2.05) is 25.6 Å². The van der Waals surface area contributed by atoms with Crippen molar-refractivity contribution >= 4 is 11.8 Å². The molecule has 1 aromatic rings. The summed E-state index contributed by atoms with van der Waals surface area (Å²) in [6, 6.07) is 2.16. The molecule has 0 heterocycles. The molecule has 0 saturated heterocycles. The van der Waals surface area contributed by atoms with E-state index >= 15 is 0 Å². The zero-order valence-corrected chi connectivity index (χ0v) is 11.0. The number of aryl methyl sites for hydroxylation is 2. The number of rotatable bonds is 3. The van der Waals surface area contributed by atoms with Crippen LogP contribution in [0.15, 0.2) is 6.07 Å². The molecule has 0 aliphatic carbocycles. The van der Waals surface area contributed by atoms with E-state index in [0.717, 1.165) is 16.9 Å². The zero-order chi connectivity index (χ0) is 11.6. The van der Waals surface area contributed by atoms with Crippen LogP contribution in [0.3, 0.4) is 0 Å². The number of aromatic hydroxyl groups is 1. The van der Waals surface area contributed by atoms with E-state index < -0.39 is 0 Å². The zero-order valence-electron chi connectivity index (χ0n) is 10.2. The van der Waals surface area contributed by atoms with Crippen LogP contribution in [-0.4, -0.2) is 10.9 Å². The average molecular weight is 224 g/mol. The van der Waals surface area contributed by atoms with E-state index in [1.165, 1.54) is 11.1 Å². The van der Waals surface area contributed by atoms with Crippen LogP contribution in [0.2, 0.25) is 0 Å². The molecule has 1 atom stereocenters. The fraction of sp³-hybridized carbons (Fsp3) is 0.538. The Morgan fingerprint density at radius 2 is 1.87 bits per heavy atom. The summed E-state index contributed by atoms with van der Waals surface area (Å²) in [4.78, 5) is 0. The molecule has 0 fully saturated rings. The van der Waals surface area contributed by atoms with Crippen LogP contribution in [0.4, 0.5) is 0 Å². The maximum absolute atomic E-state index is 10.1. The van der Waals surface area contributed by atoms with E-state index in [2.05, 4.69) is 26.8 Å². The van der Waals surface area contributed by atoms with Crippen LogP contribution in [0.1, 0.15) is 41.4 Å². The first kappa shape index (κ1) is 12.4. The monoisotopic (exact) mass is 224 g/mol. The molecule has 2 heteroatoms. The van der Waals surface area contributed by atoms with Crippen molar-refractivity contribution in [2.45, 2.75) is 39.9 Å². The largest absolute Gasteiger partial charge is 0.507 e. The molecule has 1 unspecified atom stereocenters. The van der Waals surface area contributed by atoms with Gasteiger partial charge in [0, 0.05) is 10.8 Å². The molecule has 1 N–H and O–H groups in total. The Labute approximate surface area is 96.9 Å². The van der Waals surface area contributed by atoms with Crippen molar-refractivity contribution in [1.82, 2.24) is 0 Å². The summed E-state index contributed by atoms with van der Waals surface area (Å²) in [5.41, 5.74) is 4.48. The Morgan fingerprint density at radius 1 is 1.27 bits per heavy atom. The maximum Gasteiger partial charge on any atom is 0.123 e. The van der Waals surface area contributed by atoms with Gasteiger partial charge in [0.2, 0.25) is 0 Å². The molecule has 0 spiro atoms. The van der Waals surface area contributed by atoms with Gasteiger partial charge in [-0.25, -0.2) is 0 Å². The minimum atomic E-state index is 0.370. The summed E-state index contributed by atoms with van der Waals surface area (Å²) >= 11 is 1.87. The fourth-order valence-electron chi connectivity index (χ4n) is 1.93. The number of hydrogen-bond acceptors (Lipinski definition) is 2. The number of phenols is 1. The van der Waals surface area contributed by atoms with Crippen LogP contribution >= 0.6 is 11.8 Å². The average Bonchev–Trinajstić information content (AvgIpc) is 2.15. The smallest absolute Gasteiger partial charge is 0.123 e. The van der Waals surface area contributed by atoms with E-state index in [-0.39, 0.29) is 0 Å². The Balaban J connectivity index is 3.23. The minimum absolute atomic E-state index is 0.370. The summed E-state index contributed by atoms with van der Waals surface area (Å²) in [6.07, 6.45) is 0. The van der Waals surface area contributed by atoms with Crippen LogP contribution < -0.4 is 0 Å². The molecule has 0 saturated carbocycles. The van der Waals surface area contributed by atoms with E-state index in [0.29, 0.717) is 11.0 Å². The van der Waals surface area contributed by atoms with Crippen LogP contribution in [0.25, 0.3) is 0 Å². The van der Waals surface area contributed by atoms with Crippen LogP contribution in [0, 0.1) is 20.8 Å². The molecule has 0 aliphatic heterocycles. The Kier molecular flexibility index (Phi) is 4.09. The molecule has 0 aromatic heterocycles. The predicted molar refractivity (Wildman–Crippen MR) is 68.9 cm³/mol. The topological polar surface area (TPSA) is 20.2 Å². The van der Waals surface area contributed by atoms with E-state index in [1.54, 1.807) is 0 Å². The highest BCUT2D eigenvalue weighted by molar-refractivity contribution is 7.99. The second kappa shape index (κ2) is 4.93. The van der Waals surface area contributed by atoms with Gasteiger partial charge in [0.1, 0.15) is 5.75 Å². The minimum Gasteiger partial charge on any atom is -0.507 e. The Bertz CT molecular complexity index is 358. The van der Waals surface area contributed by atoms with Gasteiger partial charge in [-0.05, 0) is 50.1 Å². The summed E-state index contributed by atoms with van der Waals surface area (Å²) in [7, 11) is 0. The second-order valence-electron chi connectivity index (χ2n) is 4.00. The van der Waals surface area contributed by atoms with Crippen molar-refractivity contribution in [1.29, 1.82) is 0 Å². The summed E-state index contributed by atoms with van der Waals surface area (Å²) in [5, 5.41) is 10.5. The lowest BCUT2D eigenvalue weighted by atomic mass is 9.97. The van der Waals surface area contributed by atoms with Gasteiger partial charge >= 0.3 is 0 Å². The van der Waals surface area contributed by atoms with E-state index in [4.69, 9.17) is 0 Å². The molecule has 0 radical (unpaired) electrons. The number of phenolic OH excluding ortho intramolecular Hbond substituents is 1. The third kappa shape index (κ3) is 2.49. The normalized spacial score (nSPS) is 12.9. The van der Waals surface area contributed by atoms with Gasteiger partial charge < -0.3 is 5.11 Å². The van der Waals surface area contributed by atoms with Crippen LogP contribution in [-0.2, 0) is 0 Å². The highest BCUT2D eigenvalue weighted by atomic mass is 32.2.